The van der Waals surface area contributed by atoms with Crippen molar-refractivity contribution in [2.45, 2.75) is 18.9 Å². The number of anilines is 1. The number of fused-ring (bicyclic) bond motifs is 1. The molecule has 1 fully saturated rings. The van der Waals surface area contributed by atoms with Gasteiger partial charge in [-0.05, 0) is 37.1 Å². The van der Waals surface area contributed by atoms with Gasteiger partial charge in [-0.15, -0.1) is 0 Å². The maximum absolute atomic E-state index is 5.27. The molecule has 0 saturated heterocycles. The van der Waals surface area contributed by atoms with E-state index in [1.165, 1.54) is 23.9 Å². The van der Waals surface area contributed by atoms with E-state index in [-0.39, 0.29) is 0 Å². The molecule has 2 heteroatoms. The van der Waals surface area contributed by atoms with E-state index in [1.807, 2.05) is 12.1 Å². The number of rotatable bonds is 2. The highest BCUT2D eigenvalue weighted by Crippen LogP contribution is 2.26. The van der Waals surface area contributed by atoms with E-state index in [4.69, 9.17) is 4.42 Å². The maximum Gasteiger partial charge on any atom is 0.133 e. The number of benzene rings is 1. The number of furan rings is 1. The fourth-order valence-corrected chi connectivity index (χ4v) is 1.52. The third-order valence-corrected chi connectivity index (χ3v) is 2.40. The van der Waals surface area contributed by atoms with Crippen molar-refractivity contribution in [2.75, 3.05) is 5.32 Å². The van der Waals surface area contributed by atoms with Gasteiger partial charge in [0.2, 0.25) is 0 Å². The second kappa shape index (κ2) is 2.52. The molecule has 0 spiro atoms. The van der Waals surface area contributed by atoms with Crippen LogP contribution in [0.25, 0.3) is 11.0 Å². The Hall–Kier alpha value is -1.44. The van der Waals surface area contributed by atoms with Crippen LogP contribution in [0, 0.1) is 0 Å². The third kappa shape index (κ3) is 1.28. The van der Waals surface area contributed by atoms with Crippen LogP contribution in [0.2, 0.25) is 0 Å². The quantitative estimate of drug-likeness (QED) is 0.755. The predicted octanol–water partition coefficient (Wildman–Crippen LogP) is 3.01. The average Bonchev–Trinajstić information content (AvgIpc) is 2.83. The van der Waals surface area contributed by atoms with E-state index in [2.05, 4.69) is 17.4 Å². The predicted molar refractivity (Wildman–Crippen MR) is 52.9 cm³/mol. The van der Waals surface area contributed by atoms with Crippen LogP contribution in [0.15, 0.2) is 34.9 Å². The molecule has 1 aromatic carbocycles. The molecule has 13 heavy (non-hydrogen) atoms. The zero-order chi connectivity index (χ0) is 8.67. The van der Waals surface area contributed by atoms with Gasteiger partial charge in [-0.3, -0.25) is 0 Å². The van der Waals surface area contributed by atoms with Gasteiger partial charge in [0.15, 0.2) is 0 Å². The first-order chi connectivity index (χ1) is 6.42. The SMILES string of the molecule is c1cc2cc(NC3CC3)ccc2o1. The third-order valence-electron chi connectivity index (χ3n) is 2.40. The zero-order valence-corrected chi connectivity index (χ0v) is 7.29. The second-order valence-corrected chi connectivity index (χ2v) is 3.59. The average molecular weight is 173 g/mol. The van der Waals surface area contributed by atoms with Crippen LogP contribution < -0.4 is 5.32 Å². The molecule has 0 radical (unpaired) electrons. The van der Waals surface area contributed by atoms with Crippen molar-refractivity contribution >= 4 is 16.7 Å². The molecule has 2 aromatic rings. The number of hydrogen-bond acceptors (Lipinski definition) is 2. The molecule has 3 rings (SSSR count). The summed E-state index contributed by atoms with van der Waals surface area (Å²) in [4.78, 5) is 0. The fourth-order valence-electron chi connectivity index (χ4n) is 1.52. The Morgan fingerprint density at radius 2 is 2.15 bits per heavy atom. The van der Waals surface area contributed by atoms with Gasteiger partial charge in [-0.2, -0.15) is 0 Å². The minimum Gasteiger partial charge on any atom is -0.464 e. The van der Waals surface area contributed by atoms with Gasteiger partial charge in [-0.25, -0.2) is 0 Å². The molecule has 1 aromatic heterocycles. The molecule has 1 aliphatic carbocycles. The summed E-state index contributed by atoms with van der Waals surface area (Å²) in [6.45, 7) is 0. The molecule has 1 saturated carbocycles. The first kappa shape index (κ1) is 7.01. The molecular formula is C11H11NO. The molecule has 66 valence electrons. The highest BCUT2D eigenvalue weighted by molar-refractivity contribution is 5.81. The Bertz CT molecular complexity index is 428. The molecular weight excluding hydrogens is 162 g/mol. The van der Waals surface area contributed by atoms with Crippen LogP contribution in [0.4, 0.5) is 5.69 Å². The Kier molecular flexibility index (Phi) is 1.36. The van der Waals surface area contributed by atoms with Gasteiger partial charge in [0.1, 0.15) is 5.58 Å². The summed E-state index contributed by atoms with van der Waals surface area (Å²) in [7, 11) is 0. The Balaban J connectivity index is 1.99. The van der Waals surface area contributed by atoms with Crippen molar-refractivity contribution < 1.29 is 4.42 Å². The van der Waals surface area contributed by atoms with Crippen molar-refractivity contribution in [1.29, 1.82) is 0 Å². The molecule has 1 aliphatic rings. The van der Waals surface area contributed by atoms with E-state index in [9.17, 15) is 0 Å². The lowest BCUT2D eigenvalue weighted by molar-refractivity contribution is 0.616. The van der Waals surface area contributed by atoms with Crippen molar-refractivity contribution in [3.63, 3.8) is 0 Å². The van der Waals surface area contributed by atoms with Crippen LogP contribution in [-0.4, -0.2) is 6.04 Å². The Labute approximate surface area is 76.5 Å². The smallest absolute Gasteiger partial charge is 0.133 e. The van der Waals surface area contributed by atoms with Crippen molar-refractivity contribution in [3.05, 3.63) is 30.5 Å². The van der Waals surface area contributed by atoms with Gasteiger partial charge in [0, 0.05) is 17.1 Å². The topological polar surface area (TPSA) is 25.2 Å². The normalized spacial score (nSPS) is 16.3. The van der Waals surface area contributed by atoms with Gasteiger partial charge < -0.3 is 9.73 Å². The summed E-state index contributed by atoms with van der Waals surface area (Å²) in [5.74, 6) is 0. The lowest BCUT2D eigenvalue weighted by Gasteiger charge is -2.02. The van der Waals surface area contributed by atoms with Crippen molar-refractivity contribution in [2.24, 2.45) is 0 Å². The maximum atomic E-state index is 5.27. The number of hydrogen-bond donors (Lipinski definition) is 1. The monoisotopic (exact) mass is 173 g/mol. The molecule has 0 bridgehead atoms. The zero-order valence-electron chi connectivity index (χ0n) is 7.29. The summed E-state index contributed by atoms with van der Waals surface area (Å²) >= 11 is 0. The van der Waals surface area contributed by atoms with E-state index in [0.29, 0.717) is 6.04 Å². The molecule has 0 amide bonds. The van der Waals surface area contributed by atoms with Crippen LogP contribution in [0.5, 0.6) is 0 Å². The highest BCUT2D eigenvalue weighted by Gasteiger charge is 2.20. The van der Waals surface area contributed by atoms with E-state index >= 15 is 0 Å². The lowest BCUT2D eigenvalue weighted by Crippen LogP contribution is -1.99. The van der Waals surface area contributed by atoms with Crippen LogP contribution in [0.3, 0.4) is 0 Å². The lowest BCUT2D eigenvalue weighted by atomic mass is 10.2. The molecule has 0 unspecified atom stereocenters. The Morgan fingerprint density at radius 3 is 3.00 bits per heavy atom. The number of nitrogens with one attached hydrogen (secondary N) is 1. The minimum absolute atomic E-state index is 0.712. The molecule has 0 aliphatic heterocycles. The summed E-state index contributed by atoms with van der Waals surface area (Å²) in [6.07, 6.45) is 4.35. The molecule has 0 atom stereocenters. The van der Waals surface area contributed by atoms with Crippen molar-refractivity contribution in [3.8, 4) is 0 Å². The van der Waals surface area contributed by atoms with Crippen LogP contribution >= 0.6 is 0 Å². The van der Waals surface area contributed by atoms with Crippen LogP contribution in [-0.2, 0) is 0 Å². The largest absolute Gasteiger partial charge is 0.464 e. The molecule has 1 heterocycles. The van der Waals surface area contributed by atoms with Gasteiger partial charge in [0.25, 0.3) is 0 Å². The van der Waals surface area contributed by atoms with E-state index in [0.717, 1.165) is 5.58 Å². The fraction of sp³-hybridized carbons (Fsp3) is 0.273. The first-order valence-corrected chi connectivity index (χ1v) is 4.66. The van der Waals surface area contributed by atoms with E-state index < -0.39 is 0 Å². The summed E-state index contributed by atoms with van der Waals surface area (Å²) in [5, 5.41) is 4.63. The highest BCUT2D eigenvalue weighted by atomic mass is 16.3. The summed E-state index contributed by atoms with van der Waals surface area (Å²) in [6, 6.07) is 8.93. The van der Waals surface area contributed by atoms with E-state index in [1.54, 1.807) is 6.26 Å². The second-order valence-electron chi connectivity index (χ2n) is 3.59. The summed E-state index contributed by atoms with van der Waals surface area (Å²) < 4.78 is 5.27. The minimum atomic E-state index is 0.712. The van der Waals surface area contributed by atoms with Gasteiger partial charge in [0.05, 0.1) is 6.26 Å². The van der Waals surface area contributed by atoms with Gasteiger partial charge >= 0.3 is 0 Å². The molecule has 2 nitrogen and oxygen atoms in total. The standard InChI is InChI=1S/C11H11NO/c1-2-9(1)12-10-3-4-11-8(7-10)5-6-13-11/h3-7,9,12H,1-2H2. The van der Waals surface area contributed by atoms with Crippen LogP contribution in [0.1, 0.15) is 12.8 Å². The Morgan fingerprint density at radius 1 is 1.23 bits per heavy atom. The van der Waals surface area contributed by atoms with Crippen molar-refractivity contribution in [1.82, 2.24) is 0 Å². The summed E-state index contributed by atoms with van der Waals surface area (Å²) in [5.41, 5.74) is 2.16. The molecule has 1 N–H and O–H groups in total. The first-order valence-electron chi connectivity index (χ1n) is 4.66. The van der Waals surface area contributed by atoms with Gasteiger partial charge in [-0.1, -0.05) is 0 Å².